The smallest absolute Gasteiger partial charge is 0.291 e. The second kappa shape index (κ2) is 9.72. The second-order valence-corrected chi connectivity index (χ2v) is 9.99. The first-order valence-corrected chi connectivity index (χ1v) is 13.2. The summed E-state index contributed by atoms with van der Waals surface area (Å²) < 4.78 is 9.46. The van der Waals surface area contributed by atoms with E-state index in [1.807, 2.05) is 111 Å². The number of thiazole rings is 1. The Bertz CT molecular complexity index is 1890. The summed E-state index contributed by atoms with van der Waals surface area (Å²) in [6.45, 7) is 6.62. The van der Waals surface area contributed by atoms with Gasteiger partial charge in [0.15, 0.2) is 5.82 Å². The van der Waals surface area contributed by atoms with Gasteiger partial charge in [0, 0.05) is 22.9 Å². The van der Waals surface area contributed by atoms with Gasteiger partial charge >= 0.3 is 0 Å². The fourth-order valence-corrected chi connectivity index (χ4v) is 5.39. The van der Waals surface area contributed by atoms with Crippen LogP contribution in [0.1, 0.15) is 23.6 Å². The number of rotatable bonds is 6. The monoisotopic (exact) mass is 519 g/mol. The van der Waals surface area contributed by atoms with E-state index in [9.17, 15) is 4.79 Å². The summed E-state index contributed by atoms with van der Waals surface area (Å²) >= 11 is 1.33. The lowest BCUT2D eigenvalue weighted by molar-refractivity contribution is 0.340. The van der Waals surface area contributed by atoms with E-state index in [-0.39, 0.29) is 5.56 Å². The Kier molecular flexibility index (Phi) is 6.09. The second-order valence-electron chi connectivity index (χ2n) is 8.98. The minimum atomic E-state index is -0.195. The third-order valence-electron chi connectivity index (χ3n) is 6.38. The van der Waals surface area contributed by atoms with Crippen LogP contribution in [-0.2, 0) is 0 Å². The van der Waals surface area contributed by atoms with Crippen LogP contribution in [-0.4, -0.2) is 31.0 Å². The van der Waals surface area contributed by atoms with Crippen molar-refractivity contribution in [2.75, 3.05) is 6.61 Å². The molecule has 0 saturated heterocycles. The van der Waals surface area contributed by atoms with E-state index in [4.69, 9.17) is 9.84 Å². The lowest BCUT2D eigenvalue weighted by atomic mass is 10.0. The SMILES string of the molecule is CCOc1ccc(-c2nn(-c3ccccc3)cc2/C=c2\sc3nc(-c4ccccc4C)nn3c2=O)c(C)c1. The zero-order chi connectivity index (χ0) is 26.2. The van der Waals surface area contributed by atoms with Crippen molar-refractivity contribution in [2.24, 2.45) is 0 Å². The topological polar surface area (TPSA) is 74.3 Å². The van der Waals surface area contributed by atoms with Crippen LogP contribution >= 0.6 is 11.3 Å². The maximum Gasteiger partial charge on any atom is 0.291 e. The van der Waals surface area contributed by atoms with E-state index >= 15 is 0 Å². The Balaban J connectivity index is 1.49. The van der Waals surface area contributed by atoms with Gasteiger partial charge in [0.1, 0.15) is 11.4 Å². The van der Waals surface area contributed by atoms with Gasteiger partial charge in [-0.1, -0.05) is 53.8 Å². The van der Waals surface area contributed by atoms with Crippen LogP contribution < -0.4 is 14.8 Å². The zero-order valence-electron chi connectivity index (χ0n) is 21.3. The van der Waals surface area contributed by atoms with Gasteiger partial charge in [0.25, 0.3) is 5.56 Å². The van der Waals surface area contributed by atoms with Crippen molar-refractivity contribution < 1.29 is 4.74 Å². The Morgan fingerprint density at radius 2 is 1.71 bits per heavy atom. The number of ether oxygens (including phenoxy) is 1. The minimum absolute atomic E-state index is 0.195. The van der Waals surface area contributed by atoms with Crippen LogP contribution in [0.5, 0.6) is 5.75 Å². The summed E-state index contributed by atoms with van der Waals surface area (Å²) in [5.74, 6) is 1.37. The van der Waals surface area contributed by atoms with Crippen molar-refractivity contribution in [2.45, 2.75) is 20.8 Å². The van der Waals surface area contributed by atoms with Gasteiger partial charge in [-0.05, 0) is 68.3 Å². The quantitative estimate of drug-likeness (QED) is 0.301. The molecule has 0 unspecified atom stereocenters. The van der Waals surface area contributed by atoms with E-state index in [0.717, 1.165) is 44.9 Å². The molecule has 0 amide bonds. The summed E-state index contributed by atoms with van der Waals surface area (Å²) in [5, 5.41) is 9.46. The van der Waals surface area contributed by atoms with Gasteiger partial charge in [0.2, 0.25) is 4.96 Å². The highest BCUT2D eigenvalue weighted by atomic mass is 32.1. The number of benzene rings is 3. The maximum atomic E-state index is 13.4. The molecule has 6 rings (SSSR count). The molecular weight excluding hydrogens is 494 g/mol. The number of hydrogen-bond acceptors (Lipinski definition) is 6. The highest BCUT2D eigenvalue weighted by molar-refractivity contribution is 7.15. The van der Waals surface area contributed by atoms with Crippen molar-refractivity contribution in [3.63, 3.8) is 0 Å². The van der Waals surface area contributed by atoms with Gasteiger partial charge in [0.05, 0.1) is 16.8 Å². The van der Waals surface area contributed by atoms with Crippen molar-refractivity contribution in [3.8, 4) is 34.1 Å². The van der Waals surface area contributed by atoms with Crippen molar-refractivity contribution in [3.05, 3.63) is 111 Å². The molecule has 3 aromatic heterocycles. The van der Waals surface area contributed by atoms with E-state index in [1.165, 1.54) is 15.9 Å². The highest BCUT2D eigenvalue weighted by Gasteiger charge is 2.17. The Hall–Kier alpha value is -4.56. The zero-order valence-corrected chi connectivity index (χ0v) is 22.1. The fourth-order valence-electron chi connectivity index (χ4n) is 4.49. The van der Waals surface area contributed by atoms with Gasteiger partial charge < -0.3 is 4.74 Å². The molecular formula is C30H25N5O2S. The molecule has 0 N–H and O–H groups in total. The molecule has 8 heteroatoms. The van der Waals surface area contributed by atoms with E-state index in [2.05, 4.69) is 10.1 Å². The molecule has 3 aromatic carbocycles. The third-order valence-corrected chi connectivity index (χ3v) is 7.34. The van der Waals surface area contributed by atoms with E-state index < -0.39 is 0 Å². The van der Waals surface area contributed by atoms with Crippen LogP contribution in [0.25, 0.3) is 39.4 Å². The number of fused-ring (bicyclic) bond motifs is 1. The standard InChI is InChI=1S/C30H25N5O2S/c1-4-37-23-14-15-24(20(3)16-23)27-21(18-34(32-27)22-11-6-5-7-12-22)17-26-29(36)35-30(38-26)31-28(33-35)25-13-9-8-10-19(25)2/h5-18H,4H2,1-3H3/b26-17-. The Labute approximate surface area is 223 Å². The summed E-state index contributed by atoms with van der Waals surface area (Å²) in [5.41, 5.74) is 6.36. The number of aryl methyl sites for hydroxylation is 2. The molecule has 188 valence electrons. The molecule has 3 heterocycles. The Morgan fingerprint density at radius 3 is 2.45 bits per heavy atom. The molecule has 0 radical (unpaired) electrons. The molecule has 0 bridgehead atoms. The normalized spacial score (nSPS) is 11.9. The van der Waals surface area contributed by atoms with Crippen molar-refractivity contribution >= 4 is 22.4 Å². The van der Waals surface area contributed by atoms with Gasteiger partial charge in [-0.15, -0.1) is 5.10 Å². The molecule has 0 atom stereocenters. The van der Waals surface area contributed by atoms with Crippen molar-refractivity contribution in [1.29, 1.82) is 0 Å². The van der Waals surface area contributed by atoms with Crippen LogP contribution in [0.15, 0.2) is 83.8 Å². The number of para-hydroxylation sites is 1. The summed E-state index contributed by atoms with van der Waals surface area (Å²) in [7, 11) is 0. The van der Waals surface area contributed by atoms with Crippen LogP contribution in [0.4, 0.5) is 0 Å². The summed E-state index contributed by atoms with van der Waals surface area (Å²) in [6.07, 6.45) is 3.84. The molecule has 0 aliphatic rings. The minimum Gasteiger partial charge on any atom is -0.494 e. The molecule has 0 saturated carbocycles. The molecule has 38 heavy (non-hydrogen) atoms. The van der Waals surface area contributed by atoms with Crippen LogP contribution in [0, 0.1) is 13.8 Å². The summed E-state index contributed by atoms with van der Waals surface area (Å²) in [6, 6.07) is 23.8. The maximum absolute atomic E-state index is 13.4. The van der Waals surface area contributed by atoms with Crippen molar-refractivity contribution in [1.82, 2.24) is 24.4 Å². The third kappa shape index (κ3) is 4.29. The summed E-state index contributed by atoms with van der Waals surface area (Å²) in [4.78, 5) is 18.6. The predicted octanol–water partition coefficient (Wildman–Crippen LogP) is 5.23. The lowest BCUT2D eigenvalue weighted by Gasteiger charge is -2.08. The lowest BCUT2D eigenvalue weighted by Crippen LogP contribution is -2.23. The first-order valence-electron chi connectivity index (χ1n) is 12.4. The van der Waals surface area contributed by atoms with E-state index in [1.54, 1.807) is 0 Å². The number of hydrogen-bond donors (Lipinski definition) is 0. The van der Waals surface area contributed by atoms with Gasteiger partial charge in [-0.3, -0.25) is 4.79 Å². The molecule has 0 fully saturated rings. The number of nitrogens with zero attached hydrogens (tertiary/aromatic N) is 5. The molecule has 0 aliphatic heterocycles. The van der Waals surface area contributed by atoms with Gasteiger partial charge in [-0.2, -0.15) is 14.6 Å². The average Bonchev–Trinajstić information content (AvgIpc) is 3.60. The molecule has 7 nitrogen and oxygen atoms in total. The number of aromatic nitrogens is 5. The average molecular weight is 520 g/mol. The Morgan fingerprint density at radius 1 is 0.921 bits per heavy atom. The van der Waals surface area contributed by atoms with Gasteiger partial charge in [-0.25, -0.2) is 4.68 Å². The van der Waals surface area contributed by atoms with Crippen LogP contribution in [0.3, 0.4) is 0 Å². The molecule has 0 spiro atoms. The first-order chi connectivity index (χ1) is 18.5. The van der Waals surface area contributed by atoms with E-state index in [0.29, 0.717) is 21.9 Å². The largest absolute Gasteiger partial charge is 0.494 e. The molecule has 0 aliphatic carbocycles. The first kappa shape index (κ1) is 23.8. The molecule has 6 aromatic rings. The predicted molar refractivity (Wildman–Crippen MR) is 151 cm³/mol. The highest BCUT2D eigenvalue weighted by Crippen LogP contribution is 2.30. The fraction of sp³-hybridized carbons (Fsp3) is 0.133. The van der Waals surface area contributed by atoms with Crippen LogP contribution in [0.2, 0.25) is 0 Å².